The topological polar surface area (TPSA) is 62.8 Å². The van der Waals surface area contributed by atoms with Gasteiger partial charge in [0, 0.05) is 39.8 Å². The minimum Gasteiger partial charge on any atom is -0.380 e. The van der Waals surface area contributed by atoms with Gasteiger partial charge >= 0.3 is 6.03 Å². The molecule has 0 radical (unpaired) electrons. The fourth-order valence-electron chi connectivity index (χ4n) is 3.28. The van der Waals surface area contributed by atoms with Gasteiger partial charge in [0.1, 0.15) is 0 Å². The number of hydrogen-bond donors (Lipinski definition) is 2. The van der Waals surface area contributed by atoms with E-state index in [1.165, 1.54) is 5.56 Å². The molecule has 1 aliphatic rings. The van der Waals surface area contributed by atoms with Gasteiger partial charge in [-0.15, -0.1) is 0 Å². The predicted molar refractivity (Wildman–Crippen MR) is 109 cm³/mol. The van der Waals surface area contributed by atoms with Gasteiger partial charge in [-0.3, -0.25) is 4.90 Å². The highest BCUT2D eigenvalue weighted by molar-refractivity contribution is 5.73. The SMILES string of the molecule is COCc1cccc(CNC(=O)NCc2cccc(CN3CCOCC3)c2)c1. The van der Waals surface area contributed by atoms with Crippen molar-refractivity contribution in [3.8, 4) is 0 Å². The lowest BCUT2D eigenvalue weighted by atomic mass is 10.1. The van der Waals surface area contributed by atoms with Crippen LogP contribution in [0.2, 0.25) is 0 Å². The number of hydrogen-bond acceptors (Lipinski definition) is 4. The quantitative estimate of drug-likeness (QED) is 0.736. The largest absolute Gasteiger partial charge is 0.380 e. The molecule has 0 spiro atoms. The molecule has 6 nitrogen and oxygen atoms in total. The second kappa shape index (κ2) is 10.8. The van der Waals surface area contributed by atoms with Gasteiger partial charge in [-0.25, -0.2) is 4.79 Å². The molecule has 0 aliphatic carbocycles. The summed E-state index contributed by atoms with van der Waals surface area (Å²) >= 11 is 0. The Morgan fingerprint density at radius 2 is 1.54 bits per heavy atom. The summed E-state index contributed by atoms with van der Waals surface area (Å²) in [6.07, 6.45) is 0. The number of nitrogens with one attached hydrogen (secondary N) is 2. The van der Waals surface area contributed by atoms with E-state index in [0.717, 1.165) is 49.5 Å². The maximum atomic E-state index is 12.1. The van der Waals surface area contributed by atoms with Crippen LogP contribution in [0.3, 0.4) is 0 Å². The number of amides is 2. The van der Waals surface area contributed by atoms with E-state index in [1.54, 1.807) is 7.11 Å². The Bertz CT molecular complexity index is 760. The molecule has 28 heavy (non-hydrogen) atoms. The number of urea groups is 1. The Morgan fingerprint density at radius 3 is 2.18 bits per heavy atom. The van der Waals surface area contributed by atoms with Crippen LogP contribution in [0.25, 0.3) is 0 Å². The number of rotatable bonds is 8. The molecule has 2 N–H and O–H groups in total. The monoisotopic (exact) mass is 383 g/mol. The van der Waals surface area contributed by atoms with Gasteiger partial charge in [0.05, 0.1) is 19.8 Å². The van der Waals surface area contributed by atoms with Crippen molar-refractivity contribution in [1.82, 2.24) is 15.5 Å². The summed E-state index contributed by atoms with van der Waals surface area (Å²) in [7, 11) is 1.67. The Kier molecular flexibility index (Phi) is 7.84. The van der Waals surface area contributed by atoms with Crippen molar-refractivity contribution in [3.63, 3.8) is 0 Å². The van der Waals surface area contributed by atoms with E-state index in [0.29, 0.717) is 19.7 Å². The maximum Gasteiger partial charge on any atom is 0.315 e. The highest BCUT2D eigenvalue weighted by Gasteiger charge is 2.11. The molecule has 1 heterocycles. The number of morpholine rings is 1. The molecule has 2 aromatic carbocycles. The molecular formula is C22H29N3O3. The van der Waals surface area contributed by atoms with E-state index in [4.69, 9.17) is 9.47 Å². The summed E-state index contributed by atoms with van der Waals surface area (Å²) in [4.78, 5) is 14.5. The second-order valence-electron chi connectivity index (χ2n) is 7.00. The average Bonchev–Trinajstić information content (AvgIpc) is 2.72. The third kappa shape index (κ3) is 6.64. The van der Waals surface area contributed by atoms with E-state index in [1.807, 2.05) is 36.4 Å². The molecule has 0 bridgehead atoms. The molecular weight excluding hydrogens is 354 g/mol. The fraction of sp³-hybridized carbons (Fsp3) is 0.409. The van der Waals surface area contributed by atoms with Crippen molar-refractivity contribution >= 4 is 6.03 Å². The van der Waals surface area contributed by atoms with Gasteiger partial charge in [0.2, 0.25) is 0 Å². The zero-order valence-electron chi connectivity index (χ0n) is 16.4. The zero-order valence-corrected chi connectivity index (χ0v) is 16.4. The number of benzene rings is 2. The van der Waals surface area contributed by atoms with Crippen LogP contribution in [0.1, 0.15) is 22.3 Å². The third-order valence-electron chi connectivity index (χ3n) is 4.71. The van der Waals surface area contributed by atoms with Crippen LogP contribution < -0.4 is 10.6 Å². The summed E-state index contributed by atoms with van der Waals surface area (Å²) in [6, 6.07) is 16.2. The number of ether oxygens (including phenoxy) is 2. The molecule has 2 amide bonds. The highest BCUT2D eigenvalue weighted by atomic mass is 16.5. The minimum absolute atomic E-state index is 0.171. The molecule has 3 rings (SSSR count). The Labute approximate surface area is 166 Å². The lowest BCUT2D eigenvalue weighted by Crippen LogP contribution is -2.35. The van der Waals surface area contributed by atoms with Crippen molar-refractivity contribution < 1.29 is 14.3 Å². The summed E-state index contributed by atoms with van der Waals surface area (Å²) in [5, 5.41) is 5.84. The normalized spacial score (nSPS) is 14.6. The molecule has 1 saturated heterocycles. The lowest BCUT2D eigenvalue weighted by molar-refractivity contribution is 0.0342. The zero-order chi connectivity index (χ0) is 19.6. The standard InChI is InChI=1S/C22H29N3O3/c1-27-17-21-7-3-5-19(13-21)15-24-22(26)23-14-18-4-2-6-20(12-18)16-25-8-10-28-11-9-25/h2-7,12-13H,8-11,14-17H2,1H3,(H2,23,24,26). The van der Waals surface area contributed by atoms with Crippen molar-refractivity contribution in [1.29, 1.82) is 0 Å². The number of nitrogens with zero attached hydrogens (tertiary/aromatic N) is 1. The first-order valence-electron chi connectivity index (χ1n) is 9.69. The van der Waals surface area contributed by atoms with Crippen molar-refractivity contribution in [2.24, 2.45) is 0 Å². The van der Waals surface area contributed by atoms with Crippen molar-refractivity contribution in [2.45, 2.75) is 26.2 Å². The number of carbonyl (C=O) groups is 1. The van der Waals surface area contributed by atoms with Crippen molar-refractivity contribution in [2.75, 3.05) is 33.4 Å². The minimum atomic E-state index is -0.171. The van der Waals surface area contributed by atoms with Crippen LogP contribution in [0, 0.1) is 0 Å². The summed E-state index contributed by atoms with van der Waals surface area (Å²) < 4.78 is 10.5. The molecule has 2 aromatic rings. The predicted octanol–water partition coefficient (Wildman–Crippen LogP) is 2.66. The van der Waals surface area contributed by atoms with Gasteiger partial charge in [-0.1, -0.05) is 48.5 Å². The molecule has 0 atom stereocenters. The van der Waals surface area contributed by atoms with E-state index >= 15 is 0 Å². The van der Waals surface area contributed by atoms with Gasteiger partial charge in [-0.05, 0) is 22.3 Å². The van der Waals surface area contributed by atoms with Gasteiger partial charge in [0.15, 0.2) is 0 Å². The van der Waals surface area contributed by atoms with Crippen LogP contribution in [0.15, 0.2) is 48.5 Å². The first-order chi connectivity index (χ1) is 13.7. The molecule has 150 valence electrons. The summed E-state index contributed by atoms with van der Waals surface area (Å²) in [5.41, 5.74) is 4.51. The van der Waals surface area contributed by atoms with E-state index in [-0.39, 0.29) is 6.03 Å². The molecule has 0 aromatic heterocycles. The van der Waals surface area contributed by atoms with Gasteiger partial charge in [0.25, 0.3) is 0 Å². The average molecular weight is 383 g/mol. The number of methoxy groups -OCH3 is 1. The first-order valence-corrected chi connectivity index (χ1v) is 9.69. The second-order valence-corrected chi connectivity index (χ2v) is 7.00. The van der Waals surface area contributed by atoms with Crippen LogP contribution >= 0.6 is 0 Å². The summed E-state index contributed by atoms with van der Waals surface area (Å²) in [6.45, 7) is 6.02. The molecule has 1 aliphatic heterocycles. The van der Waals surface area contributed by atoms with Crippen LogP contribution in [-0.2, 0) is 35.7 Å². The fourth-order valence-corrected chi connectivity index (χ4v) is 3.28. The summed E-state index contributed by atoms with van der Waals surface area (Å²) in [5.74, 6) is 0. The molecule has 0 saturated carbocycles. The first kappa shape index (κ1) is 20.3. The van der Waals surface area contributed by atoms with Gasteiger partial charge < -0.3 is 20.1 Å². The smallest absolute Gasteiger partial charge is 0.315 e. The van der Waals surface area contributed by atoms with Crippen LogP contribution in [0.4, 0.5) is 4.79 Å². The Hall–Kier alpha value is -2.41. The maximum absolute atomic E-state index is 12.1. The van der Waals surface area contributed by atoms with Gasteiger partial charge in [-0.2, -0.15) is 0 Å². The Balaban J connectivity index is 1.44. The molecule has 6 heteroatoms. The lowest BCUT2D eigenvalue weighted by Gasteiger charge is -2.26. The highest BCUT2D eigenvalue weighted by Crippen LogP contribution is 2.10. The van der Waals surface area contributed by atoms with E-state index in [9.17, 15) is 4.79 Å². The van der Waals surface area contributed by atoms with Crippen LogP contribution in [0.5, 0.6) is 0 Å². The van der Waals surface area contributed by atoms with Crippen molar-refractivity contribution in [3.05, 3.63) is 70.8 Å². The molecule has 0 unspecified atom stereocenters. The van der Waals surface area contributed by atoms with E-state index < -0.39 is 0 Å². The van der Waals surface area contributed by atoms with E-state index in [2.05, 4.69) is 27.7 Å². The third-order valence-corrected chi connectivity index (χ3v) is 4.71. The number of carbonyl (C=O) groups excluding carboxylic acids is 1. The molecule has 1 fully saturated rings. The van der Waals surface area contributed by atoms with Crippen LogP contribution in [-0.4, -0.2) is 44.3 Å². The Morgan fingerprint density at radius 1 is 0.964 bits per heavy atom.